The smallest absolute Gasteiger partial charge is 0.345 e. The van der Waals surface area contributed by atoms with E-state index in [-0.39, 0.29) is 18.0 Å². The van der Waals surface area contributed by atoms with Crippen molar-refractivity contribution in [2.45, 2.75) is 6.92 Å². The summed E-state index contributed by atoms with van der Waals surface area (Å²) in [6.07, 6.45) is 0. The second kappa shape index (κ2) is 7.13. The van der Waals surface area contributed by atoms with E-state index in [0.29, 0.717) is 32.0 Å². The van der Waals surface area contributed by atoms with Crippen LogP contribution in [0.25, 0.3) is 21.1 Å². The van der Waals surface area contributed by atoms with Crippen LogP contribution in [0.5, 0.6) is 11.5 Å². The maximum atomic E-state index is 13.0. The zero-order valence-corrected chi connectivity index (χ0v) is 17.3. The van der Waals surface area contributed by atoms with Crippen LogP contribution in [0.4, 0.5) is 5.69 Å². The Labute approximate surface area is 178 Å². The molecule has 5 rings (SSSR count). The van der Waals surface area contributed by atoms with Gasteiger partial charge in [0, 0.05) is 17.5 Å². The minimum Gasteiger partial charge on any atom is -0.465 e. The van der Waals surface area contributed by atoms with Gasteiger partial charge in [-0.1, -0.05) is 11.6 Å². The lowest BCUT2D eigenvalue weighted by atomic mass is 10.1. The van der Waals surface area contributed by atoms with Crippen LogP contribution in [-0.4, -0.2) is 25.8 Å². The third kappa shape index (κ3) is 3.19. The van der Waals surface area contributed by atoms with Crippen molar-refractivity contribution in [2.75, 3.05) is 19.2 Å². The normalized spacial score (nSPS) is 12.3. The number of thiophene rings is 1. The molecule has 0 saturated heterocycles. The number of benzene rings is 2. The van der Waals surface area contributed by atoms with Gasteiger partial charge in [0.1, 0.15) is 5.58 Å². The highest BCUT2D eigenvalue weighted by Gasteiger charge is 2.24. The molecule has 0 bridgehead atoms. The average molecular weight is 437 g/mol. The van der Waals surface area contributed by atoms with Crippen LogP contribution in [0, 0.1) is 6.92 Å². The van der Waals surface area contributed by atoms with Crippen molar-refractivity contribution in [3.05, 3.63) is 62.8 Å². The number of hydrogen-bond donors (Lipinski definition) is 1. The number of esters is 1. The predicted octanol–water partition coefficient (Wildman–Crippen LogP) is 4.08. The highest BCUT2D eigenvalue weighted by atomic mass is 32.1. The number of hydrogen-bond acceptors (Lipinski definition) is 8. The summed E-state index contributed by atoms with van der Waals surface area (Å²) >= 11 is 1.18. The average Bonchev–Trinajstić information content (AvgIpc) is 3.40. The van der Waals surface area contributed by atoms with E-state index in [1.807, 2.05) is 19.1 Å². The fourth-order valence-corrected chi connectivity index (χ4v) is 4.49. The van der Waals surface area contributed by atoms with Crippen molar-refractivity contribution in [2.24, 2.45) is 0 Å². The number of fused-ring (bicyclic) bond motifs is 4. The van der Waals surface area contributed by atoms with Gasteiger partial charge < -0.3 is 23.9 Å². The van der Waals surface area contributed by atoms with E-state index in [2.05, 4.69) is 5.32 Å². The van der Waals surface area contributed by atoms with Gasteiger partial charge in [0.15, 0.2) is 11.5 Å². The summed E-state index contributed by atoms with van der Waals surface area (Å²) in [4.78, 5) is 37.9. The molecule has 3 heterocycles. The Morgan fingerprint density at radius 3 is 2.61 bits per heavy atom. The molecule has 31 heavy (non-hydrogen) atoms. The minimum absolute atomic E-state index is 0.0198. The second-order valence-electron chi connectivity index (χ2n) is 6.94. The minimum atomic E-state index is -0.632. The van der Waals surface area contributed by atoms with Crippen molar-refractivity contribution >= 4 is 50.0 Å². The van der Waals surface area contributed by atoms with Crippen molar-refractivity contribution in [1.82, 2.24) is 0 Å². The lowest BCUT2D eigenvalue weighted by Crippen LogP contribution is -2.14. The number of aryl methyl sites for hydroxylation is 1. The SMILES string of the molecule is COC(=O)c1cc2c(cc1NC(=O)c1cc3c(=O)oc4ccc(C)cc4c3s1)OCO2. The molecule has 156 valence electrons. The van der Waals surface area contributed by atoms with E-state index in [4.69, 9.17) is 18.6 Å². The van der Waals surface area contributed by atoms with Crippen LogP contribution in [-0.2, 0) is 4.74 Å². The summed E-state index contributed by atoms with van der Waals surface area (Å²) in [7, 11) is 1.25. The van der Waals surface area contributed by atoms with Gasteiger partial charge in [-0.2, -0.15) is 0 Å². The fourth-order valence-electron chi connectivity index (χ4n) is 3.43. The third-order valence-corrected chi connectivity index (χ3v) is 6.09. The number of carbonyl (C=O) groups is 2. The van der Waals surface area contributed by atoms with E-state index in [1.54, 1.807) is 6.07 Å². The van der Waals surface area contributed by atoms with E-state index in [0.717, 1.165) is 10.9 Å². The summed E-state index contributed by atoms with van der Waals surface area (Å²) < 4.78 is 21.5. The van der Waals surface area contributed by atoms with Crippen molar-refractivity contribution < 1.29 is 28.2 Å². The monoisotopic (exact) mass is 437 g/mol. The number of rotatable bonds is 3. The van der Waals surface area contributed by atoms with E-state index >= 15 is 0 Å². The zero-order valence-electron chi connectivity index (χ0n) is 16.4. The Morgan fingerprint density at radius 1 is 1.06 bits per heavy atom. The van der Waals surface area contributed by atoms with Gasteiger partial charge in [0.2, 0.25) is 6.79 Å². The molecule has 8 nitrogen and oxygen atoms in total. The molecule has 0 aliphatic carbocycles. The first-order chi connectivity index (χ1) is 14.9. The van der Waals surface area contributed by atoms with E-state index in [1.165, 1.54) is 36.6 Å². The summed E-state index contributed by atoms with van der Waals surface area (Å²) in [6.45, 7) is 1.96. The summed E-state index contributed by atoms with van der Waals surface area (Å²) in [6, 6.07) is 9.96. The number of anilines is 1. The molecule has 0 radical (unpaired) electrons. The van der Waals surface area contributed by atoms with Crippen LogP contribution in [0.1, 0.15) is 25.6 Å². The van der Waals surface area contributed by atoms with Gasteiger partial charge in [-0.15, -0.1) is 11.3 Å². The third-order valence-electron chi connectivity index (χ3n) is 4.92. The van der Waals surface area contributed by atoms with Crippen molar-refractivity contribution in [3.8, 4) is 11.5 Å². The number of nitrogens with one attached hydrogen (secondary N) is 1. The number of methoxy groups -OCH3 is 1. The Morgan fingerprint density at radius 2 is 1.84 bits per heavy atom. The zero-order chi connectivity index (χ0) is 21.7. The molecule has 9 heteroatoms. The Kier molecular flexibility index (Phi) is 4.40. The first-order valence-electron chi connectivity index (χ1n) is 9.25. The standard InChI is InChI=1S/C22H15NO7S/c1-10-3-4-15-12(5-10)19-13(22(26)30-15)7-18(31-19)20(24)23-14-8-17-16(28-9-29-17)6-11(14)21(25)27-2/h3-8H,9H2,1-2H3,(H,23,24). The van der Waals surface area contributed by atoms with Gasteiger partial charge in [0.05, 0.1) is 33.3 Å². The molecule has 0 unspecified atom stereocenters. The number of ether oxygens (including phenoxy) is 3. The van der Waals surface area contributed by atoms with E-state index < -0.39 is 17.5 Å². The number of carbonyl (C=O) groups excluding carboxylic acids is 2. The van der Waals surface area contributed by atoms with Crippen LogP contribution < -0.4 is 20.4 Å². The van der Waals surface area contributed by atoms with Gasteiger partial charge in [-0.25, -0.2) is 9.59 Å². The first kappa shape index (κ1) is 19.1. The van der Waals surface area contributed by atoms with Crippen LogP contribution in [0.3, 0.4) is 0 Å². The highest BCUT2D eigenvalue weighted by Crippen LogP contribution is 2.38. The fraction of sp³-hybridized carbons (Fsp3) is 0.136. The maximum absolute atomic E-state index is 13.0. The molecular formula is C22H15NO7S. The summed E-state index contributed by atoms with van der Waals surface area (Å²) in [5.41, 5.74) is 1.29. The maximum Gasteiger partial charge on any atom is 0.345 e. The Hall–Kier alpha value is -3.85. The van der Waals surface area contributed by atoms with Gasteiger partial charge >= 0.3 is 11.6 Å². The van der Waals surface area contributed by atoms with Crippen LogP contribution in [0.2, 0.25) is 0 Å². The Bertz CT molecular complexity index is 1450. The molecular weight excluding hydrogens is 422 g/mol. The Balaban J connectivity index is 1.58. The van der Waals surface area contributed by atoms with Crippen LogP contribution >= 0.6 is 11.3 Å². The van der Waals surface area contributed by atoms with Gasteiger partial charge in [-0.3, -0.25) is 4.79 Å². The lowest BCUT2D eigenvalue weighted by molar-refractivity contribution is 0.0601. The molecule has 2 aromatic carbocycles. The molecule has 4 aromatic rings. The molecule has 0 saturated carbocycles. The van der Waals surface area contributed by atoms with E-state index in [9.17, 15) is 14.4 Å². The van der Waals surface area contributed by atoms with Crippen molar-refractivity contribution in [1.29, 1.82) is 0 Å². The molecule has 1 aliphatic rings. The lowest BCUT2D eigenvalue weighted by Gasteiger charge is -2.10. The molecule has 1 N–H and O–H groups in total. The summed E-state index contributed by atoms with van der Waals surface area (Å²) in [5, 5.41) is 3.80. The molecule has 0 atom stereocenters. The first-order valence-corrected chi connectivity index (χ1v) is 10.1. The topological polar surface area (TPSA) is 104 Å². The second-order valence-corrected chi connectivity index (χ2v) is 7.99. The molecule has 0 fully saturated rings. The predicted molar refractivity (Wildman–Crippen MR) is 114 cm³/mol. The molecule has 0 spiro atoms. The molecule has 1 aliphatic heterocycles. The van der Waals surface area contributed by atoms with Crippen LogP contribution in [0.15, 0.2) is 45.6 Å². The highest BCUT2D eigenvalue weighted by molar-refractivity contribution is 7.21. The molecule has 2 aromatic heterocycles. The van der Waals surface area contributed by atoms with Crippen molar-refractivity contribution in [3.63, 3.8) is 0 Å². The van der Waals surface area contributed by atoms with Gasteiger partial charge in [-0.05, 0) is 25.1 Å². The van der Waals surface area contributed by atoms with Gasteiger partial charge in [0.25, 0.3) is 5.91 Å². The largest absolute Gasteiger partial charge is 0.465 e. The number of amides is 1. The quantitative estimate of drug-likeness (QED) is 0.380. The molecule has 1 amide bonds. The summed E-state index contributed by atoms with van der Waals surface area (Å²) in [5.74, 6) is -0.321.